The standard InChI is InChI=1S/C22H27N3O4S/c1-14-7-10-18(30-14)22-24-23-21(29-22)16-6-5-11-25(13-16)12-15-8-9-17(26-2)20(28-4)19(15)27-3/h7-10,16H,5-6,11-13H2,1-4H3. The van der Waals surface area contributed by atoms with Crippen LogP contribution in [-0.4, -0.2) is 49.5 Å². The summed E-state index contributed by atoms with van der Waals surface area (Å²) in [6.45, 7) is 4.71. The molecule has 1 unspecified atom stereocenters. The van der Waals surface area contributed by atoms with Gasteiger partial charge in [-0.3, -0.25) is 4.90 Å². The molecule has 8 heteroatoms. The Morgan fingerprint density at radius 3 is 2.60 bits per heavy atom. The van der Waals surface area contributed by atoms with Crippen molar-refractivity contribution in [2.75, 3.05) is 34.4 Å². The molecule has 0 aliphatic carbocycles. The lowest BCUT2D eigenvalue weighted by atomic mass is 9.97. The summed E-state index contributed by atoms with van der Waals surface area (Å²) < 4.78 is 22.6. The van der Waals surface area contributed by atoms with E-state index in [0.29, 0.717) is 23.1 Å². The van der Waals surface area contributed by atoms with E-state index >= 15 is 0 Å². The molecule has 1 aliphatic rings. The van der Waals surface area contributed by atoms with Crippen molar-refractivity contribution in [2.24, 2.45) is 0 Å². The quantitative estimate of drug-likeness (QED) is 0.547. The number of piperidine rings is 1. The largest absolute Gasteiger partial charge is 0.493 e. The van der Waals surface area contributed by atoms with Crippen LogP contribution in [0.5, 0.6) is 17.2 Å². The number of methoxy groups -OCH3 is 3. The molecule has 1 aromatic carbocycles. The monoisotopic (exact) mass is 429 g/mol. The van der Waals surface area contributed by atoms with Crippen molar-refractivity contribution in [1.82, 2.24) is 15.1 Å². The maximum absolute atomic E-state index is 6.03. The van der Waals surface area contributed by atoms with E-state index in [-0.39, 0.29) is 5.92 Å². The average Bonchev–Trinajstić information content (AvgIpc) is 3.42. The molecule has 7 nitrogen and oxygen atoms in total. The van der Waals surface area contributed by atoms with Gasteiger partial charge in [-0.1, -0.05) is 6.07 Å². The molecular formula is C22H27N3O4S. The highest BCUT2D eigenvalue weighted by molar-refractivity contribution is 7.15. The molecule has 0 N–H and O–H groups in total. The molecule has 0 radical (unpaired) electrons. The highest BCUT2D eigenvalue weighted by Crippen LogP contribution is 2.41. The maximum atomic E-state index is 6.03. The first kappa shape index (κ1) is 20.7. The zero-order chi connectivity index (χ0) is 21.1. The van der Waals surface area contributed by atoms with Crippen LogP contribution in [0.4, 0.5) is 0 Å². The summed E-state index contributed by atoms with van der Waals surface area (Å²) in [6, 6.07) is 8.07. The third kappa shape index (κ3) is 4.15. The molecule has 4 rings (SSSR count). The summed E-state index contributed by atoms with van der Waals surface area (Å²) in [6.07, 6.45) is 2.13. The summed E-state index contributed by atoms with van der Waals surface area (Å²) in [5.74, 6) is 3.57. The second-order valence-corrected chi connectivity index (χ2v) is 8.71. The van der Waals surface area contributed by atoms with E-state index in [1.807, 2.05) is 18.2 Å². The predicted molar refractivity (Wildman–Crippen MR) is 116 cm³/mol. The van der Waals surface area contributed by atoms with Crippen LogP contribution in [0.2, 0.25) is 0 Å². The molecule has 1 saturated heterocycles. The third-order valence-electron chi connectivity index (χ3n) is 5.43. The minimum Gasteiger partial charge on any atom is -0.493 e. The minimum atomic E-state index is 0.229. The number of hydrogen-bond donors (Lipinski definition) is 0. The Labute approximate surface area is 180 Å². The van der Waals surface area contributed by atoms with Gasteiger partial charge in [-0.25, -0.2) is 0 Å². The number of nitrogens with zero attached hydrogens (tertiary/aromatic N) is 3. The number of rotatable bonds is 7. The van der Waals surface area contributed by atoms with Crippen molar-refractivity contribution in [2.45, 2.75) is 32.2 Å². The molecule has 160 valence electrons. The van der Waals surface area contributed by atoms with Gasteiger partial charge in [-0.2, -0.15) is 0 Å². The fourth-order valence-corrected chi connectivity index (χ4v) is 4.77. The highest BCUT2D eigenvalue weighted by atomic mass is 32.1. The number of thiophene rings is 1. The number of hydrogen-bond acceptors (Lipinski definition) is 8. The van der Waals surface area contributed by atoms with Crippen molar-refractivity contribution in [3.8, 4) is 28.0 Å². The molecule has 1 fully saturated rings. The number of ether oxygens (including phenoxy) is 3. The van der Waals surface area contributed by atoms with Gasteiger partial charge < -0.3 is 18.6 Å². The lowest BCUT2D eigenvalue weighted by Gasteiger charge is -2.31. The Balaban J connectivity index is 1.49. The van der Waals surface area contributed by atoms with Crippen LogP contribution in [0, 0.1) is 6.92 Å². The summed E-state index contributed by atoms with van der Waals surface area (Å²) in [5.41, 5.74) is 1.07. The molecule has 1 aliphatic heterocycles. The van der Waals surface area contributed by atoms with Gasteiger partial charge in [-0.15, -0.1) is 21.5 Å². The van der Waals surface area contributed by atoms with Gasteiger partial charge in [0.2, 0.25) is 11.6 Å². The van der Waals surface area contributed by atoms with Crippen molar-refractivity contribution in [3.05, 3.63) is 40.6 Å². The minimum absolute atomic E-state index is 0.229. The van der Waals surface area contributed by atoms with Crippen LogP contribution in [0.3, 0.4) is 0 Å². The Hall–Kier alpha value is -2.58. The van der Waals surface area contributed by atoms with Crippen molar-refractivity contribution in [3.63, 3.8) is 0 Å². The smallest absolute Gasteiger partial charge is 0.257 e. The van der Waals surface area contributed by atoms with Gasteiger partial charge in [0.1, 0.15) is 0 Å². The van der Waals surface area contributed by atoms with Crippen LogP contribution in [0.1, 0.15) is 35.1 Å². The second kappa shape index (κ2) is 9.06. The Morgan fingerprint density at radius 2 is 1.90 bits per heavy atom. The molecule has 30 heavy (non-hydrogen) atoms. The summed E-state index contributed by atoms with van der Waals surface area (Å²) in [4.78, 5) is 4.66. The van der Waals surface area contributed by atoms with Gasteiger partial charge in [0, 0.05) is 23.5 Å². The zero-order valence-electron chi connectivity index (χ0n) is 17.8. The number of aryl methyl sites for hydroxylation is 1. The van der Waals surface area contributed by atoms with Crippen LogP contribution >= 0.6 is 11.3 Å². The average molecular weight is 430 g/mol. The van der Waals surface area contributed by atoms with Gasteiger partial charge in [0.15, 0.2) is 11.5 Å². The summed E-state index contributed by atoms with van der Waals surface area (Å²) in [5, 5.41) is 8.63. The number of aromatic nitrogens is 2. The maximum Gasteiger partial charge on any atom is 0.257 e. The fourth-order valence-electron chi connectivity index (χ4n) is 3.98. The van der Waals surface area contributed by atoms with E-state index in [4.69, 9.17) is 18.6 Å². The molecule has 0 amide bonds. The Bertz CT molecular complexity index is 1000. The zero-order valence-corrected chi connectivity index (χ0v) is 18.6. The lowest BCUT2D eigenvalue weighted by molar-refractivity contribution is 0.184. The van der Waals surface area contributed by atoms with Gasteiger partial charge in [-0.05, 0) is 44.5 Å². The first-order valence-corrected chi connectivity index (χ1v) is 10.8. The lowest BCUT2D eigenvalue weighted by Crippen LogP contribution is -2.34. The van der Waals surface area contributed by atoms with Gasteiger partial charge in [0.25, 0.3) is 5.89 Å². The third-order valence-corrected chi connectivity index (χ3v) is 6.41. The van der Waals surface area contributed by atoms with E-state index in [2.05, 4.69) is 28.1 Å². The molecule has 3 aromatic rings. The van der Waals surface area contributed by atoms with E-state index in [1.54, 1.807) is 32.7 Å². The van der Waals surface area contributed by atoms with Crippen molar-refractivity contribution in [1.29, 1.82) is 0 Å². The Morgan fingerprint density at radius 1 is 1.07 bits per heavy atom. The highest BCUT2D eigenvalue weighted by Gasteiger charge is 2.27. The first-order valence-electron chi connectivity index (χ1n) is 10.0. The van der Waals surface area contributed by atoms with Crippen LogP contribution in [0.15, 0.2) is 28.7 Å². The summed E-state index contributed by atoms with van der Waals surface area (Å²) in [7, 11) is 4.91. The summed E-state index contributed by atoms with van der Waals surface area (Å²) >= 11 is 1.67. The van der Waals surface area contributed by atoms with E-state index in [9.17, 15) is 0 Å². The molecule has 0 bridgehead atoms. The van der Waals surface area contributed by atoms with Crippen LogP contribution in [0.25, 0.3) is 10.8 Å². The van der Waals surface area contributed by atoms with E-state index in [1.165, 1.54) is 4.88 Å². The van der Waals surface area contributed by atoms with Crippen LogP contribution in [-0.2, 0) is 6.54 Å². The van der Waals surface area contributed by atoms with Gasteiger partial charge >= 0.3 is 0 Å². The van der Waals surface area contributed by atoms with Crippen molar-refractivity contribution >= 4 is 11.3 Å². The molecule has 2 aromatic heterocycles. The van der Waals surface area contributed by atoms with Gasteiger partial charge in [0.05, 0.1) is 32.1 Å². The Kier molecular flexibility index (Phi) is 6.24. The molecular weight excluding hydrogens is 402 g/mol. The van der Waals surface area contributed by atoms with E-state index in [0.717, 1.165) is 48.8 Å². The van der Waals surface area contributed by atoms with E-state index < -0.39 is 0 Å². The molecule has 3 heterocycles. The fraction of sp³-hybridized carbons (Fsp3) is 0.455. The van der Waals surface area contributed by atoms with Crippen LogP contribution < -0.4 is 14.2 Å². The molecule has 0 saturated carbocycles. The second-order valence-electron chi connectivity index (χ2n) is 7.42. The van der Waals surface area contributed by atoms with Crippen molar-refractivity contribution < 1.29 is 18.6 Å². The normalized spacial score (nSPS) is 17.1. The topological polar surface area (TPSA) is 69.9 Å². The number of likely N-dealkylation sites (tertiary alicyclic amines) is 1. The first-order chi connectivity index (χ1) is 14.6. The molecule has 0 spiro atoms. The predicted octanol–water partition coefficient (Wildman–Crippen LogP) is 4.51. The molecule has 1 atom stereocenters. The SMILES string of the molecule is COc1ccc(CN2CCCC(c3nnc(-c4ccc(C)s4)o3)C2)c(OC)c1OC. The number of benzene rings is 1.